The van der Waals surface area contributed by atoms with E-state index in [1.54, 1.807) is 0 Å². The molecule has 16 heavy (non-hydrogen) atoms. The minimum atomic E-state index is 0.725. The zero-order chi connectivity index (χ0) is 11.5. The highest BCUT2D eigenvalue weighted by atomic mass is 15.2. The summed E-state index contributed by atoms with van der Waals surface area (Å²) < 4.78 is 0. The molecule has 1 heterocycles. The SMILES string of the molecule is CCC1CCC(C)N1Cc1ccc(N)cc1. The predicted octanol–water partition coefficient (Wildman–Crippen LogP) is 3.03. The summed E-state index contributed by atoms with van der Waals surface area (Å²) in [7, 11) is 0. The lowest BCUT2D eigenvalue weighted by Crippen LogP contribution is -2.33. The first-order chi connectivity index (χ1) is 7.70. The van der Waals surface area contributed by atoms with Crippen LogP contribution < -0.4 is 5.73 Å². The molecule has 2 nitrogen and oxygen atoms in total. The summed E-state index contributed by atoms with van der Waals surface area (Å²) in [6, 6.07) is 9.78. The van der Waals surface area contributed by atoms with E-state index < -0.39 is 0 Å². The first-order valence-corrected chi connectivity index (χ1v) is 6.31. The van der Waals surface area contributed by atoms with E-state index in [-0.39, 0.29) is 0 Å². The third-order valence-corrected chi connectivity index (χ3v) is 3.77. The molecule has 0 amide bonds. The molecule has 88 valence electrons. The summed E-state index contributed by atoms with van der Waals surface area (Å²) in [6.07, 6.45) is 3.96. The van der Waals surface area contributed by atoms with Gasteiger partial charge in [-0.05, 0) is 43.9 Å². The number of nitrogens with two attached hydrogens (primary N) is 1. The quantitative estimate of drug-likeness (QED) is 0.790. The second-order valence-electron chi connectivity index (χ2n) is 4.90. The van der Waals surface area contributed by atoms with Gasteiger partial charge in [-0.2, -0.15) is 0 Å². The summed E-state index contributed by atoms with van der Waals surface area (Å²) in [5.41, 5.74) is 7.93. The van der Waals surface area contributed by atoms with E-state index in [1.165, 1.54) is 24.8 Å². The smallest absolute Gasteiger partial charge is 0.0314 e. The number of benzene rings is 1. The maximum atomic E-state index is 5.70. The van der Waals surface area contributed by atoms with Crippen LogP contribution in [0.2, 0.25) is 0 Å². The Kier molecular flexibility index (Phi) is 3.49. The van der Waals surface area contributed by atoms with Crippen LogP contribution in [0.4, 0.5) is 5.69 Å². The predicted molar refractivity (Wildman–Crippen MR) is 69.2 cm³/mol. The van der Waals surface area contributed by atoms with Crippen molar-refractivity contribution in [1.82, 2.24) is 4.90 Å². The molecule has 1 aliphatic heterocycles. The number of nitrogens with zero attached hydrogens (tertiary/aromatic N) is 1. The normalized spacial score (nSPS) is 26.1. The third-order valence-electron chi connectivity index (χ3n) is 3.77. The molecule has 0 aliphatic carbocycles. The van der Waals surface area contributed by atoms with Gasteiger partial charge in [-0.3, -0.25) is 4.90 Å². The number of anilines is 1. The number of nitrogen functional groups attached to an aromatic ring is 1. The number of hydrogen-bond donors (Lipinski definition) is 1. The molecule has 0 aromatic heterocycles. The van der Waals surface area contributed by atoms with Crippen LogP contribution in [-0.2, 0) is 6.54 Å². The van der Waals surface area contributed by atoms with Crippen molar-refractivity contribution >= 4 is 5.69 Å². The van der Waals surface area contributed by atoms with E-state index in [1.807, 2.05) is 12.1 Å². The van der Waals surface area contributed by atoms with Crippen LogP contribution in [0.3, 0.4) is 0 Å². The monoisotopic (exact) mass is 218 g/mol. The van der Waals surface area contributed by atoms with Crippen LogP contribution in [0.1, 0.15) is 38.7 Å². The summed E-state index contributed by atoms with van der Waals surface area (Å²) in [6.45, 7) is 5.70. The van der Waals surface area contributed by atoms with E-state index in [0.717, 1.165) is 24.3 Å². The Hall–Kier alpha value is -1.02. The van der Waals surface area contributed by atoms with Gasteiger partial charge in [0.2, 0.25) is 0 Å². The van der Waals surface area contributed by atoms with Crippen molar-refractivity contribution < 1.29 is 0 Å². The summed E-state index contributed by atoms with van der Waals surface area (Å²) >= 11 is 0. The Balaban J connectivity index is 2.05. The highest BCUT2D eigenvalue weighted by molar-refractivity contribution is 5.39. The highest BCUT2D eigenvalue weighted by Crippen LogP contribution is 2.27. The van der Waals surface area contributed by atoms with Crippen LogP contribution in [-0.4, -0.2) is 17.0 Å². The van der Waals surface area contributed by atoms with Gasteiger partial charge in [0.1, 0.15) is 0 Å². The topological polar surface area (TPSA) is 29.3 Å². The molecule has 0 spiro atoms. The van der Waals surface area contributed by atoms with Gasteiger partial charge in [-0.25, -0.2) is 0 Å². The van der Waals surface area contributed by atoms with E-state index in [2.05, 4.69) is 30.9 Å². The molecule has 1 fully saturated rings. The van der Waals surface area contributed by atoms with Crippen molar-refractivity contribution in [2.75, 3.05) is 5.73 Å². The molecule has 2 heteroatoms. The highest BCUT2D eigenvalue weighted by Gasteiger charge is 2.28. The van der Waals surface area contributed by atoms with Gasteiger partial charge in [0, 0.05) is 24.3 Å². The summed E-state index contributed by atoms with van der Waals surface area (Å²) in [4.78, 5) is 2.63. The first kappa shape index (κ1) is 11.5. The molecule has 1 aromatic rings. The van der Waals surface area contributed by atoms with Crippen molar-refractivity contribution in [2.45, 2.75) is 51.7 Å². The molecule has 2 unspecified atom stereocenters. The maximum Gasteiger partial charge on any atom is 0.0314 e. The molecule has 2 N–H and O–H groups in total. The van der Waals surface area contributed by atoms with Crippen LogP contribution in [0.5, 0.6) is 0 Å². The maximum absolute atomic E-state index is 5.70. The van der Waals surface area contributed by atoms with Crippen molar-refractivity contribution in [3.05, 3.63) is 29.8 Å². The largest absolute Gasteiger partial charge is 0.399 e. The van der Waals surface area contributed by atoms with Crippen molar-refractivity contribution in [2.24, 2.45) is 0 Å². The first-order valence-electron chi connectivity index (χ1n) is 6.31. The fraction of sp³-hybridized carbons (Fsp3) is 0.571. The lowest BCUT2D eigenvalue weighted by atomic mass is 10.1. The molecule has 0 radical (unpaired) electrons. The van der Waals surface area contributed by atoms with Gasteiger partial charge in [-0.1, -0.05) is 19.1 Å². The average Bonchev–Trinajstić information content (AvgIpc) is 2.63. The Morgan fingerprint density at radius 2 is 1.94 bits per heavy atom. The second-order valence-corrected chi connectivity index (χ2v) is 4.90. The fourth-order valence-electron chi connectivity index (χ4n) is 2.68. The van der Waals surface area contributed by atoms with E-state index >= 15 is 0 Å². The average molecular weight is 218 g/mol. The van der Waals surface area contributed by atoms with Gasteiger partial charge >= 0.3 is 0 Å². The zero-order valence-corrected chi connectivity index (χ0v) is 10.3. The van der Waals surface area contributed by atoms with Gasteiger partial charge in [0.25, 0.3) is 0 Å². The van der Waals surface area contributed by atoms with E-state index in [0.29, 0.717) is 0 Å². The Morgan fingerprint density at radius 1 is 1.25 bits per heavy atom. The number of likely N-dealkylation sites (tertiary alicyclic amines) is 1. The lowest BCUT2D eigenvalue weighted by molar-refractivity contribution is 0.189. The van der Waals surface area contributed by atoms with Gasteiger partial charge in [0.15, 0.2) is 0 Å². The summed E-state index contributed by atoms with van der Waals surface area (Å²) in [5.74, 6) is 0. The minimum Gasteiger partial charge on any atom is -0.399 e. The summed E-state index contributed by atoms with van der Waals surface area (Å²) in [5, 5.41) is 0. The molecule has 2 atom stereocenters. The Labute approximate surface area is 98.4 Å². The minimum absolute atomic E-state index is 0.725. The molecule has 1 saturated heterocycles. The van der Waals surface area contributed by atoms with Crippen molar-refractivity contribution in [3.63, 3.8) is 0 Å². The Morgan fingerprint density at radius 3 is 2.56 bits per heavy atom. The van der Waals surface area contributed by atoms with Crippen LogP contribution in [0.15, 0.2) is 24.3 Å². The molecule has 0 bridgehead atoms. The molecule has 0 saturated carbocycles. The van der Waals surface area contributed by atoms with Crippen molar-refractivity contribution in [3.8, 4) is 0 Å². The lowest BCUT2D eigenvalue weighted by Gasteiger charge is -2.27. The van der Waals surface area contributed by atoms with E-state index in [9.17, 15) is 0 Å². The third kappa shape index (κ3) is 2.38. The van der Waals surface area contributed by atoms with E-state index in [4.69, 9.17) is 5.73 Å². The van der Waals surface area contributed by atoms with Crippen LogP contribution in [0, 0.1) is 0 Å². The Bertz CT molecular complexity index is 331. The van der Waals surface area contributed by atoms with Gasteiger partial charge in [0.05, 0.1) is 0 Å². The number of rotatable bonds is 3. The standard InChI is InChI=1S/C14H22N2/c1-3-14-9-4-11(2)16(14)10-12-5-7-13(15)8-6-12/h5-8,11,14H,3-4,9-10,15H2,1-2H3. The van der Waals surface area contributed by atoms with Crippen LogP contribution >= 0.6 is 0 Å². The molecular weight excluding hydrogens is 196 g/mol. The van der Waals surface area contributed by atoms with Gasteiger partial charge < -0.3 is 5.73 Å². The number of hydrogen-bond acceptors (Lipinski definition) is 2. The molecule has 2 rings (SSSR count). The molecular formula is C14H22N2. The molecule has 1 aromatic carbocycles. The zero-order valence-electron chi connectivity index (χ0n) is 10.3. The van der Waals surface area contributed by atoms with Crippen molar-refractivity contribution in [1.29, 1.82) is 0 Å². The molecule has 1 aliphatic rings. The van der Waals surface area contributed by atoms with Gasteiger partial charge in [-0.15, -0.1) is 0 Å². The van der Waals surface area contributed by atoms with Crippen LogP contribution in [0.25, 0.3) is 0 Å². The fourth-order valence-corrected chi connectivity index (χ4v) is 2.68. The second kappa shape index (κ2) is 4.88.